The Hall–Kier alpha value is -0.130. The van der Waals surface area contributed by atoms with E-state index in [-0.39, 0.29) is 11.3 Å². The highest BCUT2D eigenvalue weighted by molar-refractivity contribution is 7.90. The van der Waals surface area contributed by atoms with E-state index in [9.17, 15) is 8.42 Å². The van der Waals surface area contributed by atoms with Gasteiger partial charge in [0, 0.05) is 12.6 Å². The molecule has 0 spiro atoms. The minimum Gasteiger partial charge on any atom is -0.329 e. The van der Waals surface area contributed by atoms with Crippen LogP contribution in [0.25, 0.3) is 0 Å². The molecule has 0 saturated heterocycles. The SMILES string of the molecule is CC(CN)NS(=O)(=O)C1C2CC3CC(C2)CC1C3. The first kappa shape index (κ1) is 12.9. The lowest BCUT2D eigenvalue weighted by Gasteiger charge is -2.53. The zero-order valence-corrected chi connectivity index (χ0v) is 11.8. The molecule has 4 bridgehead atoms. The molecular formula is C13H24N2O2S. The van der Waals surface area contributed by atoms with Crippen LogP contribution < -0.4 is 10.5 Å². The maximum absolute atomic E-state index is 12.5. The molecule has 3 N–H and O–H groups in total. The van der Waals surface area contributed by atoms with Crippen molar-refractivity contribution < 1.29 is 8.42 Å². The van der Waals surface area contributed by atoms with Crippen LogP contribution in [0, 0.1) is 23.7 Å². The first-order valence-electron chi connectivity index (χ1n) is 7.20. The summed E-state index contributed by atoms with van der Waals surface area (Å²) in [5.74, 6) is 2.43. The standard InChI is InChI=1S/C13H24N2O2S/c1-8(7-14)15-18(16,17)13-11-3-9-2-10(5-11)6-12(13)4-9/h8-13,15H,2-7,14H2,1H3. The van der Waals surface area contributed by atoms with Crippen LogP contribution in [0.1, 0.15) is 39.0 Å². The second-order valence-electron chi connectivity index (χ2n) is 6.69. The van der Waals surface area contributed by atoms with Crippen molar-refractivity contribution in [2.75, 3.05) is 6.54 Å². The van der Waals surface area contributed by atoms with Gasteiger partial charge in [-0.05, 0) is 62.7 Å². The molecule has 1 atom stereocenters. The average molecular weight is 272 g/mol. The van der Waals surface area contributed by atoms with Crippen LogP contribution in [0.15, 0.2) is 0 Å². The number of hydrogen-bond donors (Lipinski definition) is 2. The van der Waals surface area contributed by atoms with E-state index in [0.717, 1.165) is 37.5 Å². The maximum atomic E-state index is 12.5. The summed E-state index contributed by atoms with van der Waals surface area (Å²) >= 11 is 0. The quantitative estimate of drug-likeness (QED) is 0.804. The van der Waals surface area contributed by atoms with Gasteiger partial charge in [0.15, 0.2) is 0 Å². The van der Waals surface area contributed by atoms with Gasteiger partial charge < -0.3 is 5.73 Å². The minimum absolute atomic E-state index is 0.140. The predicted octanol–water partition coefficient (Wildman–Crippen LogP) is 1.08. The molecule has 104 valence electrons. The summed E-state index contributed by atoms with van der Waals surface area (Å²) in [5, 5.41) is -0.140. The predicted molar refractivity (Wildman–Crippen MR) is 71.4 cm³/mol. The van der Waals surface area contributed by atoms with E-state index < -0.39 is 10.0 Å². The Bertz CT molecular complexity index is 393. The van der Waals surface area contributed by atoms with Gasteiger partial charge in [0.2, 0.25) is 10.0 Å². The largest absolute Gasteiger partial charge is 0.329 e. The van der Waals surface area contributed by atoms with Crippen molar-refractivity contribution in [2.45, 2.75) is 50.3 Å². The third kappa shape index (κ3) is 2.10. The molecule has 0 aromatic carbocycles. The summed E-state index contributed by atoms with van der Waals surface area (Å²) in [6.07, 6.45) is 5.89. The number of rotatable bonds is 4. The van der Waals surface area contributed by atoms with Gasteiger partial charge in [-0.3, -0.25) is 0 Å². The van der Waals surface area contributed by atoms with Crippen molar-refractivity contribution in [3.8, 4) is 0 Å². The Kier molecular flexibility index (Phi) is 3.19. The Morgan fingerprint density at radius 1 is 1.11 bits per heavy atom. The van der Waals surface area contributed by atoms with Crippen LogP contribution in [0.2, 0.25) is 0 Å². The Morgan fingerprint density at radius 3 is 2.06 bits per heavy atom. The average Bonchev–Trinajstić information content (AvgIpc) is 2.26. The summed E-state index contributed by atoms with van der Waals surface area (Å²) in [7, 11) is -3.19. The minimum atomic E-state index is -3.19. The number of hydrogen-bond acceptors (Lipinski definition) is 3. The van der Waals surface area contributed by atoms with Gasteiger partial charge >= 0.3 is 0 Å². The summed E-state index contributed by atoms with van der Waals surface area (Å²) in [5.41, 5.74) is 5.53. The van der Waals surface area contributed by atoms with Crippen LogP contribution >= 0.6 is 0 Å². The molecule has 0 aliphatic heterocycles. The highest BCUT2D eigenvalue weighted by Crippen LogP contribution is 2.55. The fraction of sp³-hybridized carbons (Fsp3) is 1.00. The van der Waals surface area contributed by atoms with Crippen LogP contribution in [0.5, 0.6) is 0 Å². The van der Waals surface area contributed by atoms with Crippen LogP contribution in [0.3, 0.4) is 0 Å². The molecule has 0 aromatic rings. The van der Waals surface area contributed by atoms with E-state index in [0.29, 0.717) is 18.4 Å². The Balaban J connectivity index is 1.80. The molecule has 4 aliphatic rings. The first-order valence-corrected chi connectivity index (χ1v) is 8.75. The molecule has 4 rings (SSSR count). The summed E-state index contributed by atoms with van der Waals surface area (Å²) in [6, 6.07) is -0.146. The maximum Gasteiger partial charge on any atom is 0.215 e. The van der Waals surface area contributed by atoms with Gasteiger partial charge in [-0.1, -0.05) is 0 Å². The van der Waals surface area contributed by atoms with E-state index >= 15 is 0 Å². The topological polar surface area (TPSA) is 72.2 Å². The molecule has 4 aliphatic carbocycles. The van der Waals surface area contributed by atoms with Gasteiger partial charge in [-0.25, -0.2) is 13.1 Å². The van der Waals surface area contributed by atoms with Crippen molar-refractivity contribution in [1.82, 2.24) is 4.72 Å². The van der Waals surface area contributed by atoms with Crippen molar-refractivity contribution in [2.24, 2.45) is 29.4 Å². The Labute approximate surface area is 110 Å². The third-order valence-electron chi connectivity index (χ3n) is 5.22. The lowest BCUT2D eigenvalue weighted by molar-refractivity contribution is 0.0233. The molecular weight excluding hydrogens is 248 g/mol. The third-order valence-corrected chi connectivity index (χ3v) is 7.43. The number of nitrogens with two attached hydrogens (primary N) is 1. The van der Waals surface area contributed by atoms with Gasteiger partial charge in [-0.15, -0.1) is 0 Å². The van der Waals surface area contributed by atoms with Crippen LogP contribution in [-0.4, -0.2) is 26.3 Å². The van der Waals surface area contributed by atoms with Crippen molar-refractivity contribution in [3.05, 3.63) is 0 Å². The number of nitrogens with one attached hydrogen (secondary N) is 1. The summed E-state index contributed by atoms with van der Waals surface area (Å²) in [6.45, 7) is 2.21. The van der Waals surface area contributed by atoms with E-state index in [1.54, 1.807) is 0 Å². The van der Waals surface area contributed by atoms with Crippen molar-refractivity contribution in [3.63, 3.8) is 0 Å². The smallest absolute Gasteiger partial charge is 0.215 e. The molecule has 4 nitrogen and oxygen atoms in total. The molecule has 0 aromatic heterocycles. The lowest BCUT2D eigenvalue weighted by atomic mass is 9.56. The fourth-order valence-corrected chi connectivity index (χ4v) is 7.06. The molecule has 0 amide bonds. The van der Waals surface area contributed by atoms with Gasteiger partial charge in [-0.2, -0.15) is 0 Å². The van der Waals surface area contributed by atoms with E-state index in [1.807, 2.05) is 6.92 Å². The van der Waals surface area contributed by atoms with Crippen molar-refractivity contribution in [1.29, 1.82) is 0 Å². The van der Waals surface area contributed by atoms with Crippen LogP contribution in [0.4, 0.5) is 0 Å². The zero-order chi connectivity index (χ0) is 12.9. The highest BCUT2D eigenvalue weighted by Gasteiger charge is 2.52. The first-order chi connectivity index (χ1) is 8.49. The van der Waals surface area contributed by atoms with Gasteiger partial charge in [0.25, 0.3) is 0 Å². The Morgan fingerprint density at radius 2 is 1.61 bits per heavy atom. The zero-order valence-electron chi connectivity index (χ0n) is 11.0. The molecule has 18 heavy (non-hydrogen) atoms. The van der Waals surface area contributed by atoms with E-state index in [4.69, 9.17) is 5.73 Å². The van der Waals surface area contributed by atoms with Gasteiger partial charge in [0.05, 0.1) is 5.25 Å². The second kappa shape index (κ2) is 4.46. The molecule has 0 heterocycles. The monoisotopic (exact) mass is 272 g/mol. The van der Waals surface area contributed by atoms with Gasteiger partial charge in [0.1, 0.15) is 0 Å². The van der Waals surface area contributed by atoms with Crippen LogP contribution in [-0.2, 0) is 10.0 Å². The van der Waals surface area contributed by atoms with E-state index in [2.05, 4.69) is 4.72 Å². The molecule has 5 heteroatoms. The second-order valence-corrected chi connectivity index (χ2v) is 8.56. The highest BCUT2D eigenvalue weighted by atomic mass is 32.2. The number of sulfonamides is 1. The van der Waals surface area contributed by atoms with E-state index in [1.165, 1.54) is 6.42 Å². The molecule has 4 saturated carbocycles. The molecule has 1 unspecified atom stereocenters. The normalized spacial score (nSPS) is 44.2. The van der Waals surface area contributed by atoms with Crippen molar-refractivity contribution >= 4 is 10.0 Å². The molecule has 0 radical (unpaired) electrons. The molecule has 4 fully saturated rings. The lowest BCUT2D eigenvalue weighted by Crippen LogP contribution is -2.55. The fourth-order valence-electron chi connectivity index (χ4n) is 4.79. The summed E-state index contributed by atoms with van der Waals surface area (Å²) in [4.78, 5) is 0. The summed E-state index contributed by atoms with van der Waals surface area (Å²) < 4.78 is 27.8.